The van der Waals surface area contributed by atoms with E-state index in [1.165, 1.54) is 0 Å². The Balaban J connectivity index is 1.88. The summed E-state index contributed by atoms with van der Waals surface area (Å²) in [6.45, 7) is 0.787. The molecule has 0 saturated heterocycles. The minimum Gasteiger partial charge on any atom is -0.494 e. The lowest BCUT2D eigenvalue weighted by molar-refractivity contribution is -0.136. The number of aryl methyl sites for hydroxylation is 1. The number of carboxylic acids is 1. The number of H-pyrrole nitrogens is 1. The summed E-state index contributed by atoms with van der Waals surface area (Å²) in [6.07, 6.45) is 0.469. The molecule has 7 heteroatoms. The van der Waals surface area contributed by atoms with E-state index >= 15 is 0 Å². The molecule has 6 nitrogen and oxygen atoms in total. The molecule has 3 aromatic carbocycles. The lowest BCUT2D eigenvalue weighted by Crippen LogP contribution is -2.10. The van der Waals surface area contributed by atoms with E-state index in [9.17, 15) is 9.90 Å². The van der Waals surface area contributed by atoms with Crippen LogP contribution in [-0.2, 0) is 17.8 Å². The molecular formula is C27H26BrN3O3. The molecule has 0 atom stereocenters. The molecule has 0 saturated carbocycles. The highest BCUT2D eigenvalue weighted by atomic mass is 79.9. The van der Waals surface area contributed by atoms with Crippen molar-refractivity contribution in [2.75, 3.05) is 14.1 Å². The third-order valence-electron chi connectivity index (χ3n) is 5.46. The minimum atomic E-state index is -0.836. The van der Waals surface area contributed by atoms with Crippen molar-refractivity contribution in [3.05, 3.63) is 93.5 Å². The number of aromatic amines is 1. The van der Waals surface area contributed by atoms with E-state index in [2.05, 4.69) is 31.9 Å². The lowest BCUT2D eigenvalue weighted by Gasteiger charge is -2.12. The largest absolute Gasteiger partial charge is 0.494 e. The SMILES string of the molecule is CN(C)Cc1cccc(N=C(c2cccc(CCC(=O)O)c2)c2c(O)[nH]c3cc(Br)ccc23)c1. The number of fused-ring (bicyclic) bond motifs is 1. The van der Waals surface area contributed by atoms with Crippen LogP contribution in [0.4, 0.5) is 5.69 Å². The number of carboxylic acid groups (broad SMARTS) is 1. The molecule has 0 spiro atoms. The summed E-state index contributed by atoms with van der Waals surface area (Å²) in [4.78, 5) is 21.2. The molecule has 3 N–H and O–H groups in total. The van der Waals surface area contributed by atoms with Gasteiger partial charge in [-0.25, -0.2) is 4.99 Å². The first-order valence-electron chi connectivity index (χ1n) is 10.9. The van der Waals surface area contributed by atoms with E-state index in [1.54, 1.807) is 0 Å². The normalized spacial score (nSPS) is 11.9. The number of hydrogen-bond acceptors (Lipinski definition) is 4. The van der Waals surface area contributed by atoms with Gasteiger partial charge in [0.25, 0.3) is 0 Å². The molecule has 0 bridgehead atoms. The summed E-state index contributed by atoms with van der Waals surface area (Å²) < 4.78 is 0.901. The predicted molar refractivity (Wildman–Crippen MR) is 139 cm³/mol. The van der Waals surface area contributed by atoms with Crippen molar-refractivity contribution in [2.45, 2.75) is 19.4 Å². The number of benzene rings is 3. The fourth-order valence-electron chi connectivity index (χ4n) is 4.00. The number of aliphatic carboxylic acids is 1. The first-order valence-corrected chi connectivity index (χ1v) is 11.7. The van der Waals surface area contributed by atoms with Crippen LogP contribution >= 0.6 is 15.9 Å². The van der Waals surface area contributed by atoms with Crippen molar-refractivity contribution in [3.8, 4) is 5.88 Å². The van der Waals surface area contributed by atoms with Gasteiger partial charge in [-0.15, -0.1) is 0 Å². The molecular weight excluding hydrogens is 494 g/mol. The number of aromatic nitrogens is 1. The molecule has 1 aromatic heterocycles. The van der Waals surface area contributed by atoms with Crippen LogP contribution in [0, 0.1) is 0 Å². The number of halogens is 1. The first kappa shape index (κ1) is 23.7. The molecule has 34 heavy (non-hydrogen) atoms. The maximum absolute atomic E-state index is 11.1. The van der Waals surface area contributed by atoms with E-state index < -0.39 is 5.97 Å². The quantitative estimate of drug-likeness (QED) is 0.253. The molecule has 0 amide bonds. The Kier molecular flexibility index (Phi) is 7.14. The van der Waals surface area contributed by atoms with Crippen LogP contribution in [0.5, 0.6) is 5.88 Å². The van der Waals surface area contributed by atoms with Crippen molar-refractivity contribution in [1.82, 2.24) is 9.88 Å². The summed E-state index contributed by atoms with van der Waals surface area (Å²) in [5.74, 6) is -0.802. The molecule has 0 aliphatic rings. The highest BCUT2D eigenvalue weighted by Gasteiger charge is 2.19. The summed E-state index contributed by atoms with van der Waals surface area (Å²) >= 11 is 3.48. The standard InChI is InChI=1S/C27H26BrN3O3/c1-31(2)16-18-6-4-8-21(14-18)29-26(19-7-3-5-17(13-19)9-12-24(32)33)25-22-11-10-20(28)15-23(22)30-27(25)34/h3-8,10-11,13-15,30,34H,9,12,16H2,1-2H3,(H,32,33). The Labute approximate surface area is 206 Å². The fourth-order valence-corrected chi connectivity index (χ4v) is 4.37. The van der Waals surface area contributed by atoms with Gasteiger partial charge in [-0.05, 0) is 62.0 Å². The molecule has 1 heterocycles. The molecule has 0 radical (unpaired) electrons. The smallest absolute Gasteiger partial charge is 0.303 e. The summed E-state index contributed by atoms with van der Waals surface area (Å²) in [5, 5.41) is 20.9. The number of nitrogens with one attached hydrogen (secondary N) is 1. The average molecular weight is 520 g/mol. The van der Waals surface area contributed by atoms with Crippen LogP contribution in [0.15, 0.2) is 76.2 Å². The highest BCUT2D eigenvalue weighted by Crippen LogP contribution is 2.33. The van der Waals surface area contributed by atoms with Crippen LogP contribution < -0.4 is 0 Å². The van der Waals surface area contributed by atoms with Gasteiger partial charge < -0.3 is 20.1 Å². The molecule has 174 valence electrons. The van der Waals surface area contributed by atoms with Crippen molar-refractivity contribution >= 4 is 44.2 Å². The van der Waals surface area contributed by atoms with Gasteiger partial charge >= 0.3 is 5.97 Å². The second-order valence-electron chi connectivity index (χ2n) is 8.50. The number of hydrogen-bond donors (Lipinski definition) is 3. The summed E-state index contributed by atoms with van der Waals surface area (Å²) in [6, 6.07) is 21.5. The Morgan fingerprint density at radius 1 is 1.03 bits per heavy atom. The Morgan fingerprint density at radius 3 is 2.56 bits per heavy atom. The molecule has 0 unspecified atom stereocenters. The fraction of sp³-hybridized carbons (Fsp3) is 0.185. The molecule has 4 rings (SSSR count). The van der Waals surface area contributed by atoms with Crippen LogP contribution in [0.1, 0.15) is 28.7 Å². The van der Waals surface area contributed by atoms with E-state index in [4.69, 9.17) is 10.1 Å². The van der Waals surface area contributed by atoms with Crippen molar-refractivity contribution in [3.63, 3.8) is 0 Å². The number of aliphatic imine (C=N–C) groups is 1. The van der Waals surface area contributed by atoms with Gasteiger partial charge in [0.15, 0.2) is 5.88 Å². The van der Waals surface area contributed by atoms with Gasteiger partial charge in [-0.2, -0.15) is 0 Å². The zero-order valence-corrected chi connectivity index (χ0v) is 20.6. The number of aromatic hydroxyl groups is 1. The summed E-state index contributed by atoms with van der Waals surface area (Å²) in [5.41, 5.74) is 5.62. The van der Waals surface area contributed by atoms with Crippen LogP contribution in [0.2, 0.25) is 0 Å². The first-order chi connectivity index (χ1) is 16.3. The average Bonchev–Trinajstić information content (AvgIpc) is 3.10. The van der Waals surface area contributed by atoms with Gasteiger partial charge in [0.2, 0.25) is 0 Å². The minimum absolute atomic E-state index is 0.0345. The zero-order chi connectivity index (χ0) is 24.2. The van der Waals surface area contributed by atoms with Gasteiger partial charge in [0.05, 0.1) is 22.5 Å². The molecule has 0 aliphatic heterocycles. The van der Waals surface area contributed by atoms with Crippen LogP contribution in [0.3, 0.4) is 0 Å². The van der Waals surface area contributed by atoms with Gasteiger partial charge in [-0.1, -0.05) is 52.3 Å². The second-order valence-corrected chi connectivity index (χ2v) is 9.42. The Bertz CT molecular complexity index is 1370. The number of carbonyl (C=O) groups is 1. The number of rotatable bonds is 8. The van der Waals surface area contributed by atoms with Crippen LogP contribution in [0.25, 0.3) is 10.9 Å². The maximum atomic E-state index is 11.1. The van der Waals surface area contributed by atoms with Gasteiger partial charge in [0.1, 0.15) is 0 Å². The second kappa shape index (κ2) is 10.2. The van der Waals surface area contributed by atoms with Gasteiger partial charge in [-0.3, -0.25) is 4.79 Å². The van der Waals surface area contributed by atoms with E-state index in [1.807, 2.05) is 74.8 Å². The predicted octanol–water partition coefficient (Wildman–Crippen LogP) is 5.88. The zero-order valence-electron chi connectivity index (χ0n) is 19.0. The third kappa shape index (κ3) is 5.55. The summed E-state index contributed by atoms with van der Waals surface area (Å²) in [7, 11) is 4.04. The molecule has 4 aromatic rings. The molecule has 0 aliphatic carbocycles. The van der Waals surface area contributed by atoms with Crippen molar-refractivity contribution in [1.29, 1.82) is 0 Å². The maximum Gasteiger partial charge on any atom is 0.303 e. The van der Waals surface area contributed by atoms with E-state index in [-0.39, 0.29) is 12.3 Å². The van der Waals surface area contributed by atoms with Crippen LogP contribution in [-0.4, -0.2) is 45.9 Å². The Hall–Kier alpha value is -3.42. The third-order valence-corrected chi connectivity index (χ3v) is 5.95. The highest BCUT2D eigenvalue weighted by molar-refractivity contribution is 9.10. The van der Waals surface area contributed by atoms with E-state index in [0.717, 1.165) is 44.3 Å². The molecule has 0 fully saturated rings. The van der Waals surface area contributed by atoms with E-state index in [0.29, 0.717) is 17.7 Å². The lowest BCUT2D eigenvalue weighted by atomic mass is 9.97. The van der Waals surface area contributed by atoms with Gasteiger partial charge in [0, 0.05) is 28.4 Å². The number of nitrogens with zero attached hydrogens (tertiary/aromatic N) is 2. The Morgan fingerprint density at radius 2 is 1.79 bits per heavy atom. The van der Waals surface area contributed by atoms with Crippen molar-refractivity contribution < 1.29 is 15.0 Å². The topological polar surface area (TPSA) is 88.9 Å². The van der Waals surface area contributed by atoms with Crippen molar-refractivity contribution in [2.24, 2.45) is 4.99 Å². The monoisotopic (exact) mass is 519 g/mol.